The molecule has 3 heterocycles. The van der Waals surface area contributed by atoms with Crippen LogP contribution >= 0.6 is 11.3 Å². The monoisotopic (exact) mass is 524 g/mol. The van der Waals surface area contributed by atoms with Crippen LogP contribution in [0.3, 0.4) is 0 Å². The number of carbonyl (C=O) groups excluding carboxylic acids is 2. The lowest BCUT2D eigenvalue weighted by Gasteiger charge is -2.19. The first-order chi connectivity index (χ1) is 18.3. The topological polar surface area (TPSA) is 93.0 Å². The number of para-hydroxylation sites is 1. The SMILES string of the molecule is Cc1cc(C(=O)N(C)Cc2cscn2)ccc1C(=O)NC(C)c1cc(-c2cnn(C)c2)nc2ccccc12. The number of rotatable bonds is 7. The van der Waals surface area contributed by atoms with Gasteiger partial charge in [-0.05, 0) is 55.3 Å². The molecule has 192 valence electrons. The second-order valence-corrected chi connectivity index (χ2v) is 10.1. The van der Waals surface area contributed by atoms with Crippen molar-refractivity contribution in [3.05, 3.63) is 99.8 Å². The van der Waals surface area contributed by atoms with E-state index in [0.29, 0.717) is 17.7 Å². The van der Waals surface area contributed by atoms with Gasteiger partial charge in [-0.1, -0.05) is 18.2 Å². The summed E-state index contributed by atoms with van der Waals surface area (Å²) in [7, 11) is 3.62. The maximum Gasteiger partial charge on any atom is 0.253 e. The summed E-state index contributed by atoms with van der Waals surface area (Å²) in [5.41, 5.74) is 7.93. The number of hydrogen-bond donors (Lipinski definition) is 1. The van der Waals surface area contributed by atoms with Crippen LogP contribution in [0.2, 0.25) is 0 Å². The molecule has 1 unspecified atom stereocenters. The fourth-order valence-electron chi connectivity index (χ4n) is 4.52. The summed E-state index contributed by atoms with van der Waals surface area (Å²) in [6.07, 6.45) is 3.70. The molecule has 0 bridgehead atoms. The van der Waals surface area contributed by atoms with Crippen LogP contribution in [-0.2, 0) is 13.6 Å². The molecular formula is C29H28N6O2S. The van der Waals surface area contributed by atoms with Gasteiger partial charge in [0.25, 0.3) is 11.8 Å². The molecular weight excluding hydrogens is 496 g/mol. The molecule has 0 aliphatic rings. The Morgan fingerprint density at radius 3 is 2.68 bits per heavy atom. The van der Waals surface area contributed by atoms with Crippen LogP contribution in [0, 0.1) is 6.92 Å². The van der Waals surface area contributed by atoms with Crippen molar-refractivity contribution in [2.45, 2.75) is 26.4 Å². The molecule has 0 aliphatic heterocycles. The first kappa shape index (κ1) is 25.3. The molecule has 2 aromatic carbocycles. The molecule has 3 aromatic heterocycles. The third-order valence-corrected chi connectivity index (χ3v) is 7.15. The largest absolute Gasteiger partial charge is 0.345 e. The minimum absolute atomic E-state index is 0.118. The Morgan fingerprint density at radius 1 is 1.16 bits per heavy atom. The highest BCUT2D eigenvalue weighted by Gasteiger charge is 2.20. The lowest BCUT2D eigenvalue weighted by molar-refractivity contribution is 0.0782. The fraction of sp³-hybridized carbons (Fsp3) is 0.207. The predicted molar refractivity (Wildman–Crippen MR) is 149 cm³/mol. The highest BCUT2D eigenvalue weighted by molar-refractivity contribution is 7.07. The van der Waals surface area contributed by atoms with E-state index in [0.717, 1.165) is 39.0 Å². The van der Waals surface area contributed by atoms with Crippen LogP contribution in [0.1, 0.15) is 50.5 Å². The molecule has 1 atom stereocenters. The predicted octanol–water partition coefficient (Wildman–Crippen LogP) is 5.16. The van der Waals surface area contributed by atoms with Gasteiger partial charge in [-0.2, -0.15) is 5.10 Å². The molecule has 1 N–H and O–H groups in total. The van der Waals surface area contributed by atoms with E-state index >= 15 is 0 Å². The van der Waals surface area contributed by atoms with Crippen molar-refractivity contribution >= 4 is 34.1 Å². The number of amides is 2. The molecule has 0 saturated heterocycles. The van der Waals surface area contributed by atoms with Gasteiger partial charge in [-0.15, -0.1) is 11.3 Å². The van der Waals surface area contributed by atoms with Crippen LogP contribution < -0.4 is 5.32 Å². The molecule has 0 fully saturated rings. The van der Waals surface area contributed by atoms with Gasteiger partial charge in [0.05, 0.1) is 41.2 Å². The molecule has 5 aromatic rings. The Morgan fingerprint density at radius 2 is 1.97 bits per heavy atom. The van der Waals surface area contributed by atoms with Gasteiger partial charge < -0.3 is 10.2 Å². The fourth-order valence-corrected chi connectivity index (χ4v) is 5.07. The summed E-state index contributed by atoms with van der Waals surface area (Å²) in [5, 5.41) is 10.3. The van der Waals surface area contributed by atoms with E-state index in [1.807, 2.05) is 62.8 Å². The zero-order valence-corrected chi connectivity index (χ0v) is 22.5. The number of nitrogens with one attached hydrogen (secondary N) is 1. The second kappa shape index (κ2) is 10.5. The number of fused-ring (bicyclic) bond motifs is 1. The van der Waals surface area contributed by atoms with Gasteiger partial charge in [-0.25, -0.2) is 9.97 Å². The van der Waals surface area contributed by atoms with Gasteiger partial charge in [-0.3, -0.25) is 14.3 Å². The lowest BCUT2D eigenvalue weighted by atomic mass is 9.99. The Kier molecular flexibility index (Phi) is 7.02. The van der Waals surface area contributed by atoms with E-state index in [-0.39, 0.29) is 17.9 Å². The number of aryl methyl sites for hydroxylation is 2. The van der Waals surface area contributed by atoms with Crippen LogP contribution in [0.25, 0.3) is 22.2 Å². The Balaban J connectivity index is 1.37. The third-order valence-electron chi connectivity index (χ3n) is 6.51. The standard InChI is InChI=1S/C29H28N6O2S/c1-18-11-20(29(37)34(3)15-22-16-38-17-30-22)9-10-23(18)28(36)32-19(2)25-12-27(21-13-31-35(4)14-21)33-26-8-6-5-7-24(25)26/h5-14,16-17,19H,15H2,1-4H3,(H,32,36). The van der Waals surface area contributed by atoms with Gasteiger partial charge in [0.1, 0.15) is 0 Å². The molecule has 0 spiro atoms. The summed E-state index contributed by atoms with van der Waals surface area (Å²) >= 11 is 1.50. The number of carbonyl (C=O) groups is 2. The van der Waals surface area contributed by atoms with Crippen molar-refractivity contribution in [2.24, 2.45) is 7.05 Å². The zero-order valence-electron chi connectivity index (χ0n) is 21.7. The number of nitrogens with zero attached hydrogens (tertiary/aromatic N) is 5. The van der Waals surface area contributed by atoms with E-state index in [9.17, 15) is 9.59 Å². The molecule has 38 heavy (non-hydrogen) atoms. The van der Waals surface area contributed by atoms with Gasteiger partial charge in [0, 0.05) is 47.7 Å². The normalized spacial score (nSPS) is 11.9. The van der Waals surface area contributed by atoms with E-state index in [4.69, 9.17) is 4.98 Å². The first-order valence-electron chi connectivity index (χ1n) is 12.2. The van der Waals surface area contributed by atoms with Crippen LogP contribution in [0.5, 0.6) is 0 Å². The minimum Gasteiger partial charge on any atom is -0.345 e. The minimum atomic E-state index is -0.282. The van der Waals surface area contributed by atoms with E-state index in [2.05, 4.69) is 15.4 Å². The summed E-state index contributed by atoms with van der Waals surface area (Å²) in [6, 6.07) is 14.8. The Hall–Kier alpha value is -4.37. The maximum atomic E-state index is 13.3. The van der Waals surface area contributed by atoms with E-state index in [1.54, 1.807) is 46.5 Å². The third kappa shape index (κ3) is 5.19. The van der Waals surface area contributed by atoms with Gasteiger partial charge >= 0.3 is 0 Å². The number of benzene rings is 2. The average molecular weight is 525 g/mol. The highest BCUT2D eigenvalue weighted by atomic mass is 32.1. The van der Waals surface area contributed by atoms with E-state index < -0.39 is 0 Å². The van der Waals surface area contributed by atoms with Crippen molar-refractivity contribution in [3.63, 3.8) is 0 Å². The molecule has 0 radical (unpaired) electrons. The average Bonchev–Trinajstić information content (AvgIpc) is 3.59. The van der Waals surface area contributed by atoms with Crippen molar-refractivity contribution in [1.82, 2.24) is 30.0 Å². The van der Waals surface area contributed by atoms with Crippen molar-refractivity contribution in [3.8, 4) is 11.3 Å². The molecule has 2 amide bonds. The summed E-state index contributed by atoms with van der Waals surface area (Å²) in [6.45, 7) is 4.24. The second-order valence-electron chi connectivity index (χ2n) is 9.38. The zero-order chi connectivity index (χ0) is 26.8. The summed E-state index contributed by atoms with van der Waals surface area (Å²) in [4.78, 5) is 36.9. The van der Waals surface area contributed by atoms with Crippen LogP contribution in [-0.4, -0.2) is 43.5 Å². The summed E-state index contributed by atoms with van der Waals surface area (Å²) in [5.74, 6) is -0.318. The quantitative estimate of drug-likeness (QED) is 0.317. The summed E-state index contributed by atoms with van der Waals surface area (Å²) < 4.78 is 1.74. The van der Waals surface area contributed by atoms with Gasteiger partial charge in [0.15, 0.2) is 0 Å². The Bertz CT molecular complexity index is 1630. The Labute approximate surface area is 225 Å². The first-order valence-corrected chi connectivity index (χ1v) is 13.2. The van der Waals surface area contributed by atoms with Crippen LogP contribution in [0.15, 0.2) is 71.8 Å². The maximum absolute atomic E-state index is 13.3. The molecule has 0 aliphatic carbocycles. The molecule has 9 heteroatoms. The van der Waals surface area contributed by atoms with Gasteiger partial charge in [0.2, 0.25) is 0 Å². The van der Waals surface area contributed by atoms with Crippen molar-refractivity contribution in [2.75, 3.05) is 7.05 Å². The number of pyridine rings is 1. The molecule has 5 rings (SSSR count). The van der Waals surface area contributed by atoms with Crippen molar-refractivity contribution < 1.29 is 9.59 Å². The highest BCUT2D eigenvalue weighted by Crippen LogP contribution is 2.29. The molecule has 0 saturated carbocycles. The molecule has 8 nitrogen and oxygen atoms in total. The number of aromatic nitrogens is 4. The number of hydrogen-bond acceptors (Lipinski definition) is 6. The number of thiazole rings is 1. The smallest absolute Gasteiger partial charge is 0.253 e. The lowest BCUT2D eigenvalue weighted by Crippen LogP contribution is -2.28. The van der Waals surface area contributed by atoms with Crippen molar-refractivity contribution in [1.29, 1.82) is 0 Å². The van der Waals surface area contributed by atoms with Crippen LogP contribution in [0.4, 0.5) is 0 Å². The van der Waals surface area contributed by atoms with E-state index in [1.165, 1.54) is 11.3 Å².